The minimum absolute atomic E-state index is 0. The van der Waals surface area contributed by atoms with Crippen molar-refractivity contribution in [1.82, 2.24) is 10.6 Å². The maximum Gasteiger partial charge on any atom is 0.266 e. The van der Waals surface area contributed by atoms with Crippen molar-refractivity contribution in [3.8, 4) is 5.75 Å². The van der Waals surface area contributed by atoms with Gasteiger partial charge in [-0.2, -0.15) is 0 Å². The van der Waals surface area contributed by atoms with E-state index in [0.717, 1.165) is 19.5 Å². The summed E-state index contributed by atoms with van der Waals surface area (Å²) >= 11 is 3.21. The van der Waals surface area contributed by atoms with E-state index in [1.165, 1.54) is 12.1 Å². The monoisotopic (exact) mass is 428 g/mol. The molecule has 1 amide bonds. The highest BCUT2D eigenvalue weighted by Crippen LogP contribution is 2.27. The molecule has 2 atom stereocenters. The van der Waals surface area contributed by atoms with Gasteiger partial charge in [-0.3, -0.25) is 4.79 Å². The number of hydrogen-bond acceptors (Lipinski definition) is 3. The van der Waals surface area contributed by atoms with E-state index in [1.807, 2.05) is 18.2 Å². The summed E-state index contributed by atoms with van der Waals surface area (Å²) in [6, 6.07) is 13.7. The Bertz CT molecular complexity index is 711. The van der Waals surface area contributed by atoms with Gasteiger partial charge in [-0.05, 0) is 31.2 Å². The van der Waals surface area contributed by atoms with Crippen molar-refractivity contribution in [3.63, 3.8) is 0 Å². The van der Waals surface area contributed by atoms with Crippen LogP contribution in [-0.2, 0) is 4.79 Å². The van der Waals surface area contributed by atoms with E-state index < -0.39 is 11.9 Å². The molecule has 4 nitrogen and oxygen atoms in total. The standard InChI is InChI=1S/C18H18BrFN2O2.ClH/c19-13-6-7-16(15(20)10-13)24-17(12-4-2-1-3-5-12)18(23)22-14-8-9-21-11-14;/h1-7,10,14,17,21H,8-9,11H2,(H,22,23);1H. The molecule has 1 heterocycles. The molecule has 1 aliphatic rings. The van der Waals surface area contributed by atoms with Gasteiger partial charge in [-0.15, -0.1) is 12.4 Å². The summed E-state index contributed by atoms with van der Waals surface area (Å²) in [5, 5.41) is 6.17. The molecule has 0 spiro atoms. The first-order valence-electron chi connectivity index (χ1n) is 7.81. The third-order valence-corrected chi connectivity index (χ3v) is 4.38. The smallest absolute Gasteiger partial charge is 0.266 e. The van der Waals surface area contributed by atoms with Gasteiger partial charge in [0.05, 0.1) is 0 Å². The van der Waals surface area contributed by atoms with Crippen LogP contribution in [0.25, 0.3) is 0 Å². The first-order chi connectivity index (χ1) is 11.6. The number of amides is 1. The van der Waals surface area contributed by atoms with E-state index in [1.54, 1.807) is 18.2 Å². The summed E-state index contributed by atoms with van der Waals surface area (Å²) in [7, 11) is 0. The molecule has 0 saturated carbocycles. The number of halogens is 3. The predicted molar refractivity (Wildman–Crippen MR) is 101 cm³/mol. The van der Waals surface area contributed by atoms with E-state index in [9.17, 15) is 9.18 Å². The van der Waals surface area contributed by atoms with E-state index >= 15 is 0 Å². The first kappa shape index (κ1) is 19.7. The average molecular weight is 430 g/mol. The van der Waals surface area contributed by atoms with E-state index in [-0.39, 0.29) is 30.1 Å². The molecule has 1 aliphatic heterocycles. The Labute approximate surface area is 160 Å². The lowest BCUT2D eigenvalue weighted by Gasteiger charge is -2.21. The number of ether oxygens (including phenoxy) is 1. The number of benzene rings is 2. The number of carbonyl (C=O) groups is 1. The van der Waals surface area contributed by atoms with Crippen molar-refractivity contribution in [1.29, 1.82) is 0 Å². The van der Waals surface area contributed by atoms with Crippen LogP contribution in [0.2, 0.25) is 0 Å². The van der Waals surface area contributed by atoms with Crippen molar-refractivity contribution < 1.29 is 13.9 Å². The highest BCUT2D eigenvalue weighted by molar-refractivity contribution is 9.10. The molecule has 2 aromatic rings. The molecule has 0 bridgehead atoms. The summed E-state index contributed by atoms with van der Waals surface area (Å²) in [5.74, 6) is -0.732. The SMILES string of the molecule is Cl.O=C(NC1CCNC1)C(Oc1ccc(Br)cc1F)c1ccccc1. The largest absolute Gasteiger partial charge is 0.473 e. The van der Waals surface area contributed by atoms with Gasteiger partial charge in [-0.1, -0.05) is 46.3 Å². The zero-order chi connectivity index (χ0) is 16.9. The van der Waals surface area contributed by atoms with Gasteiger partial charge in [0, 0.05) is 22.6 Å². The van der Waals surface area contributed by atoms with Crippen molar-refractivity contribution in [2.75, 3.05) is 13.1 Å². The van der Waals surface area contributed by atoms with Gasteiger partial charge in [0.2, 0.25) is 6.10 Å². The Morgan fingerprint density at radius 2 is 2.04 bits per heavy atom. The van der Waals surface area contributed by atoms with Crippen molar-refractivity contribution in [2.45, 2.75) is 18.6 Å². The lowest BCUT2D eigenvalue weighted by Crippen LogP contribution is -2.40. The average Bonchev–Trinajstić information content (AvgIpc) is 3.08. The topological polar surface area (TPSA) is 50.4 Å². The molecule has 2 N–H and O–H groups in total. The zero-order valence-corrected chi connectivity index (χ0v) is 15.8. The third kappa shape index (κ3) is 5.17. The summed E-state index contributed by atoms with van der Waals surface area (Å²) in [6.45, 7) is 1.61. The summed E-state index contributed by atoms with van der Waals surface area (Å²) < 4.78 is 20.4. The van der Waals surface area contributed by atoms with Gasteiger partial charge in [-0.25, -0.2) is 4.39 Å². The summed E-state index contributed by atoms with van der Waals surface area (Å²) in [6.07, 6.45) is -0.0256. The van der Waals surface area contributed by atoms with Gasteiger partial charge >= 0.3 is 0 Å². The fourth-order valence-electron chi connectivity index (χ4n) is 2.65. The normalized spacial score (nSPS) is 17.4. The van der Waals surface area contributed by atoms with Gasteiger partial charge in [0.1, 0.15) is 0 Å². The van der Waals surface area contributed by atoms with Gasteiger partial charge in [0.25, 0.3) is 5.91 Å². The molecule has 0 aliphatic carbocycles. The number of hydrogen-bond donors (Lipinski definition) is 2. The molecule has 0 aromatic heterocycles. The highest BCUT2D eigenvalue weighted by Gasteiger charge is 2.27. The third-order valence-electron chi connectivity index (χ3n) is 3.89. The van der Waals surface area contributed by atoms with E-state index in [2.05, 4.69) is 26.6 Å². The Kier molecular flexibility index (Phi) is 7.23. The van der Waals surface area contributed by atoms with Gasteiger partial charge < -0.3 is 15.4 Å². The molecule has 3 rings (SSSR count). The van der Waals surface area contributed by atoms with Crippen LogP contribution in [0.5, 0.6) is 5.75 Å². The molecule has 2 aromatic carbocycles. The molecule has 2 unspecified atom stereocenters. The summed E-state index contributed by atoms with van der Waals surface area (Å²) in [5.41, 5.74) is 0.684. The summed E-state index contributed by atoms with van der Waals surface area (Å²) in [4.78, 5) is 12.7. The van der Waals surface area contributed by atoms with Crippen LogP contribution in [-0.4, -0.2) is 25.0 Å². The van der Waals surface area contributed by atoms with Crippen LogP contribution in [0.4, 0.5) is 4.39 Å². The van der Waals surface area contributed by atoms with Crippen molar-refractivity contribution in [3.05, 3.63) is 64.4 Å². The number of nitrogens with one attached hydrogen (secondary N) is 2. The number of rotatable bonds is 5. The molecule has 1 saturated heterocycles. The minimum atomic E-state index is -0.900. The molecular weight excluding hydrogens is 411 g/mol. The quantitative estimate of drug-likeness (QED) is 0.763. The van der Waals surface area contributed by atoms with Crippen LogP contribution >= 0.6 is 28.3 Å². The maximum atomic E-state index is 14.1. The molecule has 0 radical (unpaired) electrons. The molecular formula is C18H19BrClFN2O2. The lowest BCUT2D eigenvalue weighted by molar-refractivity contribution is -0.129. The second-order valence-electron chi connectivity index (χ2n) is 5.68. The van der Waals surface area contributed by atoms with Crippen LogP contribution in [0, 0.1) is 5.82 Å². The predicted octanol–water partition coefficient (Wildman–Crippen LogP) is 3.61. The second kappa shape index (κ2) is 9.17. The van der Waals surface area contributed by atoms with Crippen LogP contribution in [0.1, 0.15) is 18.1 Å². The van der Waals surface area contributed by atoms with E-state index in [0.29, 0.717) is 10.0 Å². The second-order valence-corrected chi connectivity index (χ2v) is 6.60. The molecule has 25 heavy (non-hydrogen) atoms. The van der Waals surface area contributed by atoms with Crippen LogP contribution in [0.3, 0.4) is 0 Å². The minimum Gasteiger partial charge on any atom is -0.473 e. The van der Waals surface area contributed by atoms with Crippen molar-refractivity contribution in [2.24, 2.45) is 0 Å². The van der Waals surface area contributed by atoms with Crippen molar-refractivity contribution >= 4 is 34.2 Å². The molecule has 1 fully saturated rings. The molecule has 7 heteroatoms. The Morgan fingerprint density at radius 1 is 1.28 bits per heavy atom. The van der Waals surface area contributed by atoms with E-state index in [4.69, 9.17) is 4.74 Å². The van der Waals surface area contributed by atoms with Crippen LogP contribution in [0.15, 0.2) is 53.0 Å². The molecule has 134 valence electrons. The highest BCUT2D eigenvalue weighted by atomic mass is 79.9. The van der Waals surface area contributed by atoms with Gasteiger partial charge in [0.15, 0.2) is 11.6 Å². The Balaban J connectivity index is 0.00000225. The fourth-order valence-corrected chi connectivity index (χ4v) is 2.99. The lowest BCUT2D eigenvalue weighted by atomic mass is 10.1. The van der Waals surface area contributed by atoms with Crippen LogP contribution < -0.4 is 15.4 Å². The number of carbonyl (C=O) groups excluding carboxylic acids is 1. The Morgan fingerprint density at radius 3 is 2.68 bits per heavy atom. The zero-order valence-electron chi connectivity index (χ0n) is 13.4. The Hall–Kier alpha value is -1.63. The first-order valence-corrected chi connectivity index (χ1v) is 8.60. The fraction of sp³-hybridized carbons (Fsp3) is 0.278. The maximum absolute atomic E-state index is 14.1.